The van der Waals surface area contributed by atoms with Crippen molar-refractivity contribution in [3.8, 4) is 0 Å². The van der Waals surface area contributed by atoms with Crippen molar-refractivity contribution in [3.05, 3.63) is 35.9 Å². The Kier molecular flexibility index (Phi) is 6.49. The van der Waals surface area contributed by atoms with Gasteiger partial charge in [-0.2, -0.15) is 0 Å². The third kappa shape index (κ3) is 7.50. The molecule has 20 heavy (non-hydrogen) atoms. The lowest BCUT2D eigenvalue weighted by Gasteiger charge is -2.23. The average Bonchev–Trinajstić information content (AvgIpc) is 2.26. The van der Waals surface area contributed by atoms with E-state index in [1.165, 1.54) is 0 Å². The summed E-state index contributed by atoms with van der Waals surface area (Å²) in [5.74, 6) is 0.176. The third-order valence-corrected chi connectivity index (χ3v) is 3.42. The molecule has 0 aliphatic carbocycles. The van der Waals surface area contributed by atoms with Crippen LogP contribution in [0.2, 0.25) is 0 Å². The maximum absolute atomic E-state index is 11.8. The van der Waals surface area contributed by atoms with Crippen molar-refractivity contribution in [2.75, 3.05) is 5.75 Å². The minimum Gasteiger partial charge on any atom is -0.444 e. The zero-order valence-electron chi connectivity index (χ0n) is 11.9. The summed E-state index contributed by atoms with van der Waals surface area (Å²) >= 11 is 0. The number of hydrogen-bond donors (Lipinski definition) is 1. The molecule has 1 N–H and O–H groups in total. The summed E-state index contributed by atoms with van der Waals surface area (Å²) in [5, 5.41) is 2.71. The first-order valence-electron chi connectivity index (χ1n) is 6.34. The summed E-state index contributed by atoms with van der Waals surface area (Å²) in [5.41, 5.74) is 0.470. The van der Waals surface area contributed by atoms with Crippen molar-refractivity contribution in [2.24, 2.45) is 0 Å². The van der Waals surface area contributed by atoms with E-state index in [9.17, 15) is 9.00 Å². The van der Waals surface area contributed by atoms with Crippen LogP contribution in [0.3, 0.4) is 0 Å². The Morgan fingerprint density at radius 3 is 2.45 bits per heavy atom. The second kappa shape index (κ2) is 7.64. The topological polar surface area (TPSA) is 55.4 Å². The molecule has 0 saturated carbocycles. The van der Waals surface area contributed by atoms with E-state index < -0.39 is 21.7 Å². The molecule has 1 rings (SSSR count). The van der Waals surface area contributed by atoms with Crippen LogP contribution < -0.4 is 5.32 Å². The van der Waals surface area contributed by atoms with Crippen LogP contribution in [0, 0.1) is 0 Å². The Balaban J connectivity index is 2.65. The third-order valence-electron chi connectivity index (χ3n) is 2.38. The van der Waals surface area contributed by atoms with Crippen LogP contribution in [-0.2, 0) is 21.2 Å². The minimum absolute atomic E-state index is 0.176. The molecule has 112 valence electrons. The molecule has 0 fully saturated rings. The summed E-state index contributed by atoms with van der Waals surface area (Å²) in [7, 11) is 4.03. The molecule has 1 aromatic carbocycles. The van der Waals surface area contributed by atoms with Gasteiger partial charge in [0.1, 0.15) is 15.6 Å². The van der Waals surface area contributed by atoms with Gasteiger partial charge >= 0.3 is 6.09 Å². The van der Waals surface area contributed by atoms with E-state index in [4.69, 9.17) is 15.4 Å². The van der Waals surface area contributed by atoms with Crippen LogP contribution in [0.25, 0.3) is 0 Å². The summed E-state index contributed by atoms with van der Waals surface area (Å²) in [6.45, 7) is 5.37. The van der Waals surface area contributed by atoms with Crippen molar-refractivity contribution in [2.45, 2.75) is 38.8 Å². The lowest BCUT2D eigenvalue weighted by molar-refractivity contribution is 0.0509. The van der Waals surface area contributed by atoms with Gasteiger partial charge in [-0.3, -0.25) is 0 Å². The van der Waals surface area contributed by atoms with Gasteiger partial charge in [-0.05, 0) is 43.4 Å². The quantitative estimate of drug-likeness (QED) is 0.849. The number of amides is 1. The fraction of sp³-hybridized carbons (Fsp3) is 0.500. The summed E-state index contributed by atoms with van der Waals surface area (Å²) in [6.07, 6.45) is 0.0268. The molecular weight excluding hydrogens is 298 g/mol. The number of ether oxygens (including phenoxy) is 1. The molecule has 2 atom stereocenters. The van der Waals surface area contributed by atoms with Crippen molar-refractivity contribution < 1.29 is 13.7 Å². The molecule has 0 radical (unpaired) electrons. The summed E-state index contributed by atoms with van der Waals surface area (Å²) in [6, 6.07) is 9.31. The Labute approximate surface area is 126 Å². The number of hydrogen-bond acceptors (Lipinski definition) is 3. The number of nitrogens with one attached hydrogen (secondary N) is 1. The second-order valence-corrected chi connectivity index (χ2v) is 7.44. The van der Waals surface area contributed by atoms with E-state index in [0.29, 0.717) is 6.42 Å². The van der Waals surface area contributed by atoms with E-state index in [1.54, 1.807) is 20.8 Å². The molecule has 0 aliphatic heterocycles. The summed E-state index contributed by atoms with van der Waals surface area (Å²) < 4.78 is 16.4. The number of carbonyl (C=O) groups excluding carboxylic acids is 1. The molecule has 4 nitrogen and oxygen atoms in total. The monoisotopic (exact) mass is 317 g/mol. The Hall–Kier alpha value is -1.07. The molecule has 0 saturated heterocycles. The van der Waals surface area contributed by atoms with Crippen LogP contribution in [0.1, 0.15) is 26.3 Å². The van der Waals surface area contributed by atoms with Crippen LogP contribution >= 0.6 is 10.7 Å². The first kappa shape index (κ1) is 17.0. The highest BCUT2D eigenvalue weighted by molar-refractivity contribution is 8.08. The van der Waals surface area contributed by atoms with Gasteiger partial charge in [-0.1, -0.05) is 30.3 Å². The molecule has 0 aliphatic rings. The van der Waals surface area contributed by atoms with Gasteiger partial charge < -0.3 is 10.1 Å². The van der Waals surface area contributed by atoms with E-state index >= 15 is 0 Å². The molecule has 1 unspecified atom stereocenters. The fourth-order valence-corrected chi connectivity index (χ4v) is 2.66. The highest BCUT2D eigenvalue weighted by Crippen LogP contribution is 2.09. The molecule has 0 spiro atoms. The van der Waals surface area contributed by atoms with Crippen molar-refractivity contribution in [3.63, 3.8) is 0 Å². The largest absolute Gasteiger partial charge is 0.444 e. The molecule has 0 heterocycles. The molecular formula is C14H20ClNO3S. The van der Waals surface area contributed by atoms with Gasteiger partial charge in [0.25, 0.3) is 0 Å². The van der Waals surface area contributed by atoms with Gasteiger partial charge in [0.05, 0.1) is 5.75 Å². The number of halogens is 1. The normalized spacial score (nSPS) is 14.4. The van der Waals surface area contributed by atoms with Gasteiger partial charge in [-0.15, -0.1) is 0 Å². The van der Waals surface area contributed by atoms with Gasteiger partial charge in [0.15, 0.2) is 0 Å². The van der Waals surface area contributed by atoms with Crippen LogP contribution in [0.15, 0.2) is 30.3 Å². The Morgan fingerprint density at radius 1 is 1.35 bits per heavy atom. The highest BCUT2D eigenvalue weighted by Gasteiger charge is 2.20. The van der Waals surface area contributed by atoms with Crippen molar-refractivity contribution in [1.82, 2.24) is 5.32 Å². The number of alkyl carbamates (subject to hydrolysis) is 1. The maximum atomic E-state index is 11.8. The first-order valence-corrected chi connectivity index (χ1v) is 8.49. The number of rotatable bonds is 5. The Bertz CT molecular complexity index is 459. The molecule has 0 aromatic heterocycles. The predicted octanol–water partition coefficient (Wildman–Crippen LogP) is 3.02. The zero-order valence-corrected chi connectivity index (χ0v) is 13.5. The maximum Gasteiger partial charge on any atom is 0.407 e. The molecule has 0 bridgehead atoms. The standard InChI is InChI=1S/C14H20ClNO3S/c1-14(2,3)19-13(17)16-12(10-20(15)18)9-11-7-5-4-6-8-11/h4-8,12H,9-10H2,1-3H3,(H,16,17)/t12-,20?/m0/s1. The number of benzene rings is 1. The van der Waals surface area contributed by atoms with E-state index in [2.05, 4.69) is 5.32 Å². The smallest absolute Gasteiger partial charge is 0.407 e. The predicted molar refractivity (Wildman–Crippen MR) is 82.2 cm³/mol. The highest BCUT2D eigenvalue weighted by atomic mass is 35.7. The van der Waals surface area contributed by atoms with Crippen LogP contribution in [0.4, 0.5) is 4.79 Å². The lowest BCUT2D eigenvalue weighted by atomic mass is 10.1. The van der Waals surface area contributed by atoms with Crippen LogP contribution in [-0.4, -0.2) is 27.7 Å². The SMILES string of the molecule is CC(C)(C)OC(=O)N[C@@H](Cc1ccccc1)CS(=O)Cl. The second-order valence-electron chi connectivity index (χ2n) is 5.49. The molecule has 1 aromatic rings. The van der Waals surface area contributed by atoms with Crippen LogP contribution in [0.5, 0.6) is 0 Å². The summed E-state index contributed by atoms with van der Waals surface area (Å²) in [4.78, 5) is 11.8. The van der Waals surface area contributed by atoms with E-state index in [0.717, 1.165) is 5.56 Å². The van der Waals surface area contributed by atoms with E-state index in [1.807, 2.05) is 30.3 Å². The van der Waals surface area contributed by atoms with Gasteiger partial charge in [0.2, 0.25) is 0 Å². The van der Waals surface area contributed by atoms with E-state index in [-0.39, 0.29) is 11.8 Å². The minimum atomic E-state index is -1.51. The fourth-order valence-electron chi connectivity index (χ4n) is 1.68. The number of carbonyl (C=O) groups is 1. The molecule has 1 amide bonds. The lowest BCUT2D eigenvalue weighted by Crippen LogP contribution is -2.42. The van der Waals surface area contributed by atoms with Crippen molar-refractivity contribution >= 4 is 26.8 Å². The zero-order chi connectivity index (χ0) is 15.2. The molecule has 6 heteroatoms. The van der Waals surface area contributed by atoms with Gasteiger partial charge in [0, 0.05) is 6.04 Å². The average molecular weight is 318 g/mol. The first-order chi connectivity index (χ1) is 9.26. The Morgan fingerprint density at radius 2 is 1.95 bits per heavy atom. The van der Waals surface area contributed by atoms with Gasteiger partial charge in [-0.25, -0.2) is 9.00 Å². The van der Waals surface area contributed by atoms with Crippen molar-refractivity contribution in [1.29, 1.82) is 0 Å².